The fraction of sp³-hybridized carbons (Fsp3) is 0.200. The number of fused-ring (bicyclic) bond motifs is 1. The van der Waals surface area contributed by atoms with Crippen LogP contribution in [-0.2, 0) is 4.79 Å². The molecule has 0 aliphatic carbocycles. The van der Waals surface area contributed by atoms with Gasteiger partial charge >= 0.3 is 5.97 Å². The fourth-order valence-corrected chi connectivity index (χ4v) is 1.74. The van der Waals surface area contributed by atoms with Crippen molar-refractivity contribution in [2.24, 2.45) is 4.99 Å². The molecule has 1 heterocycles. The predicted molar refractivity (Wildman–Crippen MR) is 52.8 cm³/mol. The van der Waals surface area contributed by atoms with Crippen molar-refractivity contribution in [3.63, 3.8) is 0 Å². The number of hydrogen-bond donors (Lipinski definition) is 1. The number of carboxylic acids is 1. The van der Waals surface area contributed by atoms with E-state index in [9.17, 15) is 9.18 Å². The molecule has 1 atom stereocenters. The summed E-state index contributed by atoms with van der Waals surface area (Å²) in [5.41, 5.74) is -2.59. The van der Waals surface area contributed by atoms with Crippen LogP contribution in [-0.4, -0.2) is 23.3 Å². The van der Waals surface area contributed by atoms with Gasteiger partial charge in [0.05, 0.1) is 16.9 Å². The third kappa shape index (κ3) is 1.41. The Labute approximate surface area is 89.5 Å². The summed E-state index contributed by atoms with van der Waals surface area (Å²) in [7, 11) is 0. The third-order valence-corrected chi connectivity index (χ3v) is 2.80. The molecule has 2 rings (SSSR count). The average Bonchev–Trinajstić information content (AvgIpc) is 2.24. The van der Waals surface area contributed by atoms with Crippen LogP contribution in [0.5, 0.6) is 0 Å². The number of aliphatic carboxylic acids is 1. The molecule has 0 radical (unpaired) electrons. The van der Waals surface area contributed by atoms with E-state index in [1.807, 2.05) is 0 Å². The van der Waals surface area contributed by atoms with E-state index in [0.29, 0.717) is 10.6 Å². The topological polar surface area (TPSA) is 49.7 Å². The lowest BCUT2D eigenvalue weighted by Crippen LogP contribution is -2.46. The molecule has 1 unspecified atom stereocenters. The normalized spacial score (nSPS) is 24.3. The highest BCUT2D eigenvalue weighted by atomic mass is 35.5. The molecule has 15 heavy (non-hydrogen) atoms. The smallest absolute Gasteiger partial charge is 0.349 e. The van der Waals surface area contributed by atoms with E-state index in [1.165, 1.54) is 0 Å². The number of carbonyl (C=O) groups is 1. The van der Waals surface area contributed by atoms with E-state index in [4.69, 9.17) is 16.7 Å². The van der Waals surface area contributed by atoms with Gasteiger partial charge in [0.2, 0.25) is 0 Å². The maximum absolute atomic E-state index is 13.9. The number of carboxylic acid groups (broad SMARTS) is 1. The number of hydrogen-bond acceptors (Lipinski definition) is 2. The predicted octanol–water partition coefficient (Wildman–Crippen LogP) is 0.460. The van der Waals surface area contributed by atoms with Gasteiger partial charge in [0, 0.05) is 5.22 Å². The lowest BCUT2D eigenvalue weighted by atomic mass is 10.0. The minimum absolute atomic E-state index is 0.305. The maximum Gasteiger partial charge on any atom is 0.349 e. The van der Waals surface area contributed by atoms with Gasteiger partial charge in [0.25, 0.3) is 5.67 Å². The summed E-state index contributed by atoms with van der Waals surface area (Å²) in [6.07, 6.45) is 0. The molecule has 3 nitrogen and oxygen atoms in total. The summed E-state index contributed by atoms with van der Waals surface area (Å²) in [6.45, 7) is -0.474. The van der Waals surface area contributed by atoms with Gasteiger partial charge in [0.15, 0.2) is 0 Å². The molecule has 0 saturated carbocycles. The standard InChI is InChI=1S/C10H7ClFNO2/c11-8-6-3-1-2-4-7(6)13-5-10(8,12)9(14)15/h1-4H,5H2,(H,14,15). The van der Waals surface area contributed by atoms with E-state index in [0.717, 1.165) is 0 Å². The summed E-state index contributed by atoms with van der Waals surface area (Å²) in [4.78, 5) is 14.6. The van der Waals surface area contributed by atoms with E-state index in [2.05, 4.69) is 4.99 Å². The second-order valence-corrected chi connectivity index (χ2v) is 3.63. The number of nitrogens with zero attached hydrogens (tertiary/aromatic N) is 1. The first-order valence-electron chi connectivity index (χ1n) is 4.28. The first-order chi connectivity index (χ1) is 7.05. The minimum Gasteiger partial charge on any atom is -0.479 e. The molecule has 5 heteroatoms. The molecular weight excluding hydrogens is 221 g/mol. The Morgan fingerprint density at radius 3 is 2.87 bits per heavy atom. The van der Waals surface area contributed by atoms with Gasteiger partial charge in [-0.25, -0.2) is 9.18 Å². The Bertz CT molecular complexity index is 543. The molecule has 0 fully saturated rings. The first-order valence-corrected chi connectivity index (χ1v) is 4.65. The summed E-state index contributed by atoms with van der Waals surface area (Å²) in [5.74, 6) is -1.61. The SMILES string of the molecule is O=C(O)C1(F)CN=c2ccccc2=C1Cl. The summed E-state index contributed by atoms with van der Waals surface area (Å²) >= 11 is 5.75. The molecule has 0 saturated heterocycles. The Morgan fingerprint density at radius 2 is 2.20 bits per heavy atom. The van der Waals surface area contributed by atoms with E-state index >= 15 is 0 Å². The molecule has 0 bridgehead atoms. The molecule has 78 valence electrons. The van der Waals surface area contributed by atoms with Gasteiger partial charge in [-0.05, 0) is 6.07 Å². The monoisotopic (exact) mass is 227 g/mol. The minimum atomic E-state index is -2.59. The first kappa shape index (κ1) is 10.1. The van der Waals surface area contributed by atoms with Gasteiger partial charge in [-0.2, -0.15) is 0 Å². The number of alkyl halides is 1. The number of para-hydroxylation sites is 1. The van der Waals surface area contributed by atoms with Crippen LogP contribution >= 0.6 is 11.6 Å². The van der Waals surface area contributed by atoms with Crippen molar-refractivity contribution in [1.29, 1.82) is 0 Å². The highest BCUT2D eigenvalue weighted by molar-refractivity contribution is 6.48. The van der Waals surface area contributed by atoms with Crippen LogP contribution in [0.2, 0.25) is 0 Å². The summed E-state index contributed by atoms with van der Waals surface area (Å²) in [6, 6.07) is 6.61. The van der Waals surface area contributed by atoms with Crippen LogP contribution in [0.25, 0.3) is 5.03 Å². The second-order valence-electron chi connectivity index (χ2n) is 3.25. The zero-order valence-electron chi connectivity index (χ0n) is 7.58. The molecule has 1 aromatic rings. The molecule has 1 N–H and O–H groups in total. The second kappa shape index (κ2) is 3.31. The van der Waals surface area contributed by atoms with Gasteiger partial charge in [-0.15, -0.1) is 0 Å². The third-order valence-electron chi connectivity index (χ3n) is 2.29. The van der Waals surface area contributed by atoms with Gasteiger partial charge < -0.3 is 5.11 Å². The molecule has 1 aliphatic heterocycles. The van der Waals surface area contributed by atoms with Crippen LogP contribution in [0, 0.1) is 0 Å². The number of halogens is 2. The lowest BCUT2D eigenvalue weighted by Gasteiger charge is -2.20. The summed E-state index contributed by atoms with van der Waals surface area (Å²) < 4.78 is 13.9. The molecule has 0 spiro atoms. The Balaban J connectivity index is 2.78. The van der Waals surface area contributed by atoms with Crippen molar-refractivity contribution in [1.82, 2.24) is 0 Å². The van der Waals surface area contributed by atoms with Crippen molar-refractivity contribution in [2.75, 3.05) is 6.54 Å². The van der Waals surface area contributed by atoms with Crippen LogP contribution in [0.3, 0.4) is 0 Å². The van der Waals surface area contributed by atoms with Crippen LogP contribution in [0.15, 0.2) is 29.3 Å². The zero-order valence-corrected chi connectivity index (χ0v) is 8.33. The van der Waals surface area contributed by atoms with Gasteiger partial charge in [0.1, 0.15) is 0 Å². The van der Waals surface area contributed by atoms with Crippen LogP contribution < -0.4 is 10.6 Å². The van der Waals surface area contributed by atoms with E-state index in [-0.39, 0.29) is 5.03 Å². The molecule has 1 aromatic carbocycles. The van der Waals surface area contributed by atoms with Crippen molar-refractivity contribution in [2.45, 2.75) is 5.67 Å². The quantitative estimate of drug-likeness (QED) is 0.758. The fourth-order valence-electron chi connectivity index (χ4n) is 1.44. The van der Waals surface area contributed by atoms with Crippen molar-refractivity contribution >= 4 is 22.6 Å². The van der Waals surface area contributed by atoms with E-state index < -0.39 is 18.2 Å². The van der Waals surface area contributed by atoms with Crippen molar-refractivity contribution < 1.29 is 14.3 Å². The van der Waals surface area contributed by atoms with E-state index in [1.54, 1.807) is 24.3 Å². The van der Waals surface area contributed by atoms with Gasteiger partial charge in [-0.3, -0.25) is 4.99 Å². The maximum atomic E-state index is 13.9. The zero-order chi connectivity index (χ0) is 11.1. The lowest BCUT2D eigenvalue weighted by molar-refractivity contribution is -0.146. The molecular formula is C10H7ClFNO2. The summed E-state index contributed by atoms with van der Waals surface area (Å²) in [5, 5.41) is 9.32. The van der Waals surface area contributed by atoms with Crippen molar-refractivity contribution in [3.05, 3.63) is 34.8 Å². The largest absolute Gasteiger partial charge is 0.479 e. The number of rotatable bonds is 1. The highest BCUT2D eigenvalue weighted by Gasteiger charge is 2.44. The average molecular weight is 228 g/mol. The molecule has 1 aliphatic rings. The Hall–Kier alpha value is -1.42. The Morgan fingerprint density at radius 1 is 1.53 bits per heavy atom. The van der Waals surface area contributed by atoms with Gasteiger partial charge in [-0.1, -0.05) is 29.8 Å². The van der Waals surface area contributed by atoms with Crippen molar-refractivity contribution in [3.8, 4) is 0 Å². The van der Waals surface area contributed by atoms with Crippen LogP contribution in [0.4, 0.5) is 4.39 Å². The molecule has 0 aromatic heterocycles. The molecule has 0 amide bonds. The van der Waals surface area contributed by atoms with Crippen LogP contribution in [0.1, 0.15) is 0 Å². The Kier molecular flexibility index (Phi) is 2.23. The number of benzene rings is 1. The highest BCUT2D eigenvalue weighted by Crippen LogP contribution is 2.27.